The summed E-state index contributed by atoms with van der Waals surface area (Å²) in [7, 11) is 0. The molecule has 2 aliphatic carbocycles. The van der Waals surface area contributed by atoms with Gasteiger partial charge in [0.1, 0.15) is 17.6 Å². The fourth-order valence-corrected chi connectivity index (χ4v) is 6.34. The standard InChI is InChI=1S/C26H30ClF2N5O3/c27-16-4-1-5-17(12-16)33-25(8-9-25)24(37)34-19-6-7-20(26(28,29)13-19)21(34)23(36)32-18(14-30)11-15-3-2-10-31-22(15)35/h1,4-5,12,15,18-21,33H,2-3,6-11,13H2,(H,31,35)(H,32,36)/t15-,18+,19-,20-,21-/m0/s1. The van der Waals surface area contributed by atoms with E-state index in [2.05, 4.69) is 16.0 Å². The smallest absolute Gasteiger partial charge is 0.255 e. The van der Waals surface area contributed by atoms with Gasteiger partial charge in [0, 0.05) is 35.6 Å². The number of rotatable bonds is 7. The van der Waals surface area contributed by atoms with E-state index >= 15 is 8.78 Å². The van der Waals surface area contributed by atoms with E-state index in [1.54, 1.807) is 24.3 Å². The molecule has 2 saturated carbocycles. The van der Waals surface area contributed by atoms with E-state index in [9.17, 15) is 19.6 Å². The second kappa shape index (κ2) is 9.75. The lowest BCUT2D eigenvalue weighted by molar-refractivity contribution is -0.195. The highest BCUT2D eigenvalue weighted by molar-refractivity contribution is 6.30. The Hall–Kier alpha value is -2.93. The molecule has 0 unspecified atom stereocenters. The number of carbonyl (C=O) groups excluding carboxylic acids is 3. The summed E-state index contributed by atoms with van der Waals surface area (Å²) in [4.78, 5) is 40.9. The number of nitrogens with zero attached hydrogens (tertiary/aromatic N) is 2. The van der Waals surface area contributed by atoms with E-state index in [0.717, 1.165) is 6.42 Å². The van der Waals surface area contributed by atoms with Gasteiger partial charge in [-0.15, -0.1) is 0 Å². The van der Waals surface area contributed by atoms with Gasteiger partial charge in [0.15, 0.2) is 0 Å². The number of piperidine rings is 3. The molecule has 6 rings (SSSR count). The number of halogens is 3. The summed E-state index contributed by atoms with van der Waals surface area (Å²) in [6.07, 6.45) is 2.51. The van der Waals surface area contributed by atoms with Crippen molar-refractivity contribution >= 4 is 35.0 Å². The molecule has 3 N–H and O–H groups in total. The molecule has 3 heterocycles. The Morgan fingerprint density at radius 1 is 1.27 bits per heavy atom. The van der Waals surface area contributed by atoms with Crippen molar-refractivity contribution in [3.63, 3.8) is 0 Å². The number of amides is 3. The van der Waals surface area contributed by atoms with Gasteiger partial charge in [-0.25, -0.2) is 8.78 Å². The van der Waals surface area contributed by atoms with Crippen molar-refractivity contribution in [2.45, 2.75) is 81.0 Å². The quantitative estimate of drug-likeness (QED) is 0.498. The van der Waals surface area contributed by atoms with Gasteiger partial charge in [0.05, 0.1) is 12.0 Å². The summed E-state index contributed by atoms with van der Waals surface area (Å²) in [5.41, 5.74) is -0.340. The average Bonchev–Trinajstić information content (AvgIpc) is 3.64. The van der Waals surface area contributed by atoms with Crippen LogP contribution in [0.3, 0.4) is 0 Å². The van der Waals surface area contributed by atoms with Crippen LogP contribution in [0.25, 0.3) is 0 Å². The maximum absolute atomic E-state index is 15.0. The number of anilines is 1. The Bertz CT molecular complexity index is 1140. The molecule has 0 spiro atoms. The molecule has 198 valence electrons. The molecule has 1 aromatic rings. The van der Waals surface area contributed by atoms with Crippen LogP contribution in [0.1, 0.15) is 51.4 Å². The Balaban J connectivity index is 1.37. The van der Waals surface area contributed by atoms with Gasteiger partial charge in [-0.05, 0) is 63.1 Å². The molecule has 3 amide bonds. The first-order valence-corrected chi connectivity index (χ1v) is 13.2. The number of hydrogen-bond donors (Lipinski definition) is 3. The number of fused-ring (bicyclic) bond motifs is 3. The zero-order valence-corrected chi connectivity index (χ0v) is 21.1. The largest absolute Gasteiger partial charge is 0.371 e. The van der Waals surface area contributed by atoms with Gasteiger partial charge >= 0.3 is 0 Å². The minimum absolute atomic E-state index is 0.0967. The van der Waals surface area contributed by atoms with Crippen LogP contribution in [0.5, 0.6) is 0 Å². The molecule has 5 atom stereocenters. The van der Waals surface area contributed by atoms with E-state index in [1.807, 2.05) is 6.07 Å². The highest BCUT2D eigenvalue weighted by Gasteiger charge is 2.64. The maximum Gasteiger partial charge on any atom is 0.255 e. The fraction of sp³-hybridized carbons (Fsp3) is 0.615. The lowest BCUT2D eigenvalue weighted by atomic mass is 9.71. The molecule has 5 aliphatic rings. The van der Waals surface area contributed by atoms with E-state index < -0.39 is 53.8 Å². The van der Waals surface area contributed by atoms with Crippen molar-refractivity contribution in [3.05, 3.63) is 29.3 Å². The van der Waals surface area contributed by atoms with Crippen molar-refractivity contribution < 1.29 is 23.2 Å². The van der Waals surface area contributed by atoms with Crippen molar-refractivity contribution in [1.29, 1.82) is 5.26 Å². The Kier molecular flexibility index (Phi) is 6.77. The van der Waals surface area contributed by atoms with Crippen molar-refractivity contribution in [1.82, 2.24) is 15.5 Å². The van der Waals surface area contributed by atoms with Crippen LogP contribution in [0.15, 0.2) is 24.3 Å². The SMILES string of the molecule is N#C[C@@H](C[C@@H]1CCCNC1=O)NC(=O)[C@@H]1[C@@H]2CC[C@@H](CC2(F)F)N1C(=O)C1(Nc2cccc(Cl)c2)CC1. The van der Waals surface area contributed by atoms with E-state index in [-0.39, 0.29) is 24.7 Å². The molecular formula is C26H30ClF2N5O3. The minimum Gasteiger partial charge on any atom is -0.371 e. The Morgan fingerprint density at radius 2 is 2.05 bits per heavy atom. The van der Waals surface area contributed by atoms with Gasteiger partial charge in [-0.2, -0.15) is 5.26 Å². The van der Waals surface area contributed by atoms with Crippen molar-refractivity contribution in [3.8, 4) is 6.07 Å². The number of nitrogens with one attached hydrogen (secondary N) is 3. The highest BCUT2D eigenvalue weighted by Crippen LogP contribution is 2.52. The number of hydrogen-bond acceptors (Lipinski definition) is 5. The van der Waals surface area contributed by atoms with Gasteiger partial charge in [-0.3, -0.25) is 14.4 Å². The number of nitriles is 1. The van der Waals surface area contributed by atoms with Crippen LogP contribution in [0.4, 0.5) is 14.5 Å². The molecule has 2 bridgehead atoms. The fourth-order valence-electron chi connectivity index (χ4n) is 6.15. The van der Waals surface area contributed by atoms with Gasteiger partial charge in [-0.1, -0.05) is 17.7 Å². The Labute approximate surface area is 219 Å². The molecule has 3 aliphatic heterocycles. The van der Waals surface area contributed by atoms with E-state index in [4.69, 9.17) is 11.6 Å². The third kappa shape index (κ3) is 4.98. The first-order valence-electron chi connectivity index (χ1n) is 12.9. The van der Waals surface area contributed by atoms with Crippen LogP contribution < -0.4 is 16.0 Å². The van der Waals surface area contributed by atoms with E-state index in [1.165, 1.54) is 4.90 Å². The first-order chi connectivity index (χ1) is 17.6. The normalized spacial score (nSPS) is 30.0. The number of carbonyl (C=O) groups is 3. The third-order valence-electron chi connectivity index (χ3n) is 8.20. The van der Waals surface area contributed by atoms with E-state index in [0.29, 0.717) is 42.9 Å². The minimum atomic E-state index is -3.09. The van der Waals surface area contributed by atoms with Crippen LogP contribution in [0.2, 0.25) is 5.02 Å². The van der Waals surface area contributed by atoms with Crippen molar-refractivity contribution in [2.75, 3.05) is 11.9 Å². The zero-order chi connectivity index (χ0) is 26.4. The monoisotopic (exact) mass is 533 g/mol. The molecule has 0 radical (unpaired) electrons. The van der Waals surface area contributed by atoms with Crippen molar-refractivity contribution in [2.24, 2.45) is 11.8 Å². The summed E-state index contributed by atoms with van der Waals surface area (Å²) in [6, 6.07) is 5.75. The van der Waals surface area contributed by atoms with Crippen LogP contribution in [0, 0.1) is 23.2 Å². The number of benzene rings is 1. The van der Waals surface area contributed by atoms with Crippen LogP contribution in [-0.2, 0) is 14.4 Å². The second-order valence-electron chi connectivity index (χ2n) is 10.7. The first kappa shape index (κ1) is 25.7. The predicted molar refractivity (Wildman–Crippen MR) is 132 cm³/mol. The molecular weight excluding hydrogens is 504 g/mol. The third-order valence-corrected chi connectivity index (χ3v) is 8.43. The van der Waals surface area contributed by atoms with Gasteiger partial charge in [0.2, 0.25) is 17.7 Å². The molecule has 1 aromatic carbocycles. The molecule has 8 nitrogen and oxygen atoms in total. The molecule has 11 heteroatoms. The summed E-state index contributed by atoms with van der Waals surface area (Å²) in [5.74, 6) is -6.17. The van der Waals surface area contributed by atoms with Crippen LogP contribution in [-0.4, -0.2) is 58.8 Å². The summed E-state index contributed by atoms with van der Waals surface area (Å²) >= 11 is 6.09. The maximum atomic E-state index is 15.0. The lowest BCUT2D eigenvalue weighted by Gasteiger charge is -2.54. The predicted octanol–water partition coefficient (Wildman–Crippen LogP) is 3.22. The average molecular weight is 534 g/mol. The summed E-state index contributed by atoms with van der Waals surface area (Å²) in [5, 5.41) is 18.7. The summed E-state index contributed by atoms with van der Waals surface area (Å²) < 4.78 is 30.1. The molecule has 37 heavy (non-hydrogen) atoms. The number of alkyl halides is 2. The zero-order valence-electron chi connectivity index (χ0n) is 20.3. The van der Waals surface area contributed by atoms with Gasteiger partial charge < -0.3 is 20.9 Å². The molecule has 5 fully saturated rings. The highest BCUT2D eigenvalue weighted by atomic mass is 35.5. The Morgan fingerprint density at radius 3 is 2.70 bits per heavy atom. The summed E-state index contributed by atoms with van der Waals surface area (Å²) in [6.45, 7) is 0.571. The lowest BCUT2D eigenvalue weighted by Crippen LogP contribution is -2.70. The van der Waals surface area contributed by atoms with Crippen LogP contribution >= 0.6 is 11.6 Å². The molecule has 3 saturated heterocycles. The molecule has 0 aromatic heterocycles. The van der Waals surface area contributed by atoms with Gasteiger partial charge in [0.25, 0.3) is 5.92 Å². The second-order valence-corrected chi connectivity index (χ2v) is 11.2. The topological polar surface area (TPSA) is 114 Å².